The fraction of sp³-hybridized carbons (Fsp3) is 0.389. The van der Waals surface area contributed by atoms with E-state index in [-0.39, 0.29) is 39.9 Å². The van der Waals surface area contributed by atoms with E-state index in [0.29, 0.717) is 12.2 Å². The Morgan fingerprint density at radius 1 is 1.33 bits per heavy atom. The van der Waals surface area contributed by atoms with Crippen LogP contribution in [0.1, 0.15) is 47.6 Å². The average Bonchev–Trinajstić information content (AvgIpc) is 3.39. The van der Waals surface area contributed by atoms with Gasteiger partial charge in [0.1, 0.15) is 11.5 Å². The molecule has 1 fully saturated rings. The second kappa shape index (κ2) is 7.75. The lowest BCUT2D eigenvalue weighted by molar-refractivity contribution is -0.0328. The minimum Gasteiger partial charge on any atom is -0.348 e. The molecule has 0 aliphatic heterocycles. The molecule has 0 radical (unpaired) electrons. The Kier molecular flexibility index (Phi) is 5.59. The summed E-state index contributed by atoms with van der Waals surface area (Å²) in [7, 11) is 0. The molecule has 1 aliphatic carbocycles. The van der Waals surface area contributed by atoms with Gasteiger partial charge in [0.15, 0.2) is 0 Å². The van der Waals surface area contributed by atoms with Crippen LogP contribution in [0.2, 0.25) is 0 Å². The van der Waals surface area contributed by atoms with Crippen LogP contribution in [-0.4, -0.2) is 27.4 Å². The standard InChI is InChI=1S/C18H18F3N3O2S/c1-10(8-11-2-6-13(7-3-11)27-18(19,20)21)22-17(26)14-9-15(25)24-16(23-14)12-4-5-12/h2-3,6-7,9-10,12H,4-5,8H2,1H3,(H,22,26)(H,23,24,25). The lowest BCUT2D eigenvalue weighted by Gasteiger charge is -2.14. The Bertz CT molecular complexity index is 877. The molecule has 0 bridgehead atoms. The number of thioether (sulfide) groups is 1. The van der Waals surface area contributed by atoms with Crippen molar-refractivity contribution >= 4 is 17.7 Å². The third-order valence-electron chi connectivity index (χ3n) is 4.03. The molecule has 1 aliphatic rings. The van der Waals surface area contributed by atoms with Gasteiger partial charge in [-0.3, -0.25) is 9.59 Å². The van der Waals surface area contributed by atoms with Crippen molar-refractivity contribution in [3.05, 3.63) is 57.8 Å². The molecule has 1 aromatic carbocycles. The Balaban J connectivity index is 1.59. The number of hydrogen-bond acceptors (Lipinski definition) is 4. The molecular formula is C18H18F3N3O2S. The fourth-order valence-corrected chi connectivity index (χ4v) is 3.21. The number of carbonyl (C=O) groups is 1. The lowest BCUT2D eigenvalue weighted by Crippen LogP contribution is -2.35. The van der Waals surface area contributed by atoms with Crippen molar-refractivity contribution in [2.45, 2.75) is 48.5 Å². The number of nitrogens with one attached hydrogen (secondary N) is 2. The molecule has 5 nitrogen and oxygen atoms in total. The first-order valence-corrected chi connectivity index (χ1v) is 9.28. The van der Waals surface area contributed by atoms with Crippen LogP contribution in [-0.2, 0) is 6.42 Å². The molecule has 27 heavy (non-hydrogen) atoms. The highest BCUT2D eigenvalue weighted by Crippen LogP contribution is 2.37. The molecule has 1 aromatic heterocycles. The number of amides is 1. The molecule has 144 valence electrons. The van der Waals surface area contributed by atoms with E-state index in [1.807, 2.05) is 0 Å². The largest absolute Gasteiger partial charge is 0.446 e. The maximum Gasteiger partial charge on any atom is 0.446 e. The normalized spacial score (nSPS) is 15.4. The monoisotopic (exact) mass is 397 g/mol. The van der Waals surface area contributed by atoms with Gasteiger partial charge in [0, 0.05) is 22.9 Å². The molecule has 1 unspecified atom stereocenters. The third kappa shape index (κ3) is 5.85. The van der Waals surface area contributed by atoms with Crippen molar-refractivity contribution in [3.8, 4) is 0 Å². The van der Waals surface area contributed by atoms with E-state index in [0.717, 1.165) is 24.5 Å². The minimum absolute atomic E-state index is 0.0735. The number of rotatable bonds is 6. The topological polar surface area (TPSA) is 74.8 Å². The number of benzene rings is 1. The number of H-pyrrole nitrogens is 1. The van der Waals surface area contributed by atoms with Crippen LogP contribution in [0, 0.1) is 0 Å². The summed E-state index contributed by atoms with van der Waals surface area (Å²) < 4.78 is 37.1. The number of alkyl halides is 3. The van der Waals surface area contributed by atoms with Gasteiger partial charge in [-0.05, 0) is 55.6 Å². The first kappa shape index (κ1) is 19.5. The van der Waals surface area contributed by atoms with Gasteiger partial charge >= 0.3 is 5.51 Å². The molecule has 1 amide bonds. The second-order valence-corrected chi connectivity index (χ2v) is 7.70. The van der Waals surface area contributed by atoms with Crippen LogP contribution in [0.5, 0.6) is 0 Å². The van der Waals surface area contributed by atoms with Crippen molar-refractivity contribution in [2.75, 3.05) is 0 Å². The van der Waals surface area contributed by atoms with E-state index >= 15 is 0 Å². The number of nitrogens with zero attached hydrogens (tertiary/aromatic N) is 1. The molecule has 3 rings (SSSR count). The van der Waals surface area contributed by atoms with E-state index in [9.17, 15) is 22.8 Å². The van der Waals surface area contributed by atoms with Crippen molar-refractivity contribution in [2.24, 2.45) is 0 Å². The van der Waals surface area contributed by atoms with Gasteiger partial charge in [-0.2, -0.15) is 13.2 Å². The van der Waals surface area contributed by atoms with Crippen LogP contribution in [0.4, 0.5) is 13.2 Å². The van der Waals surface area contributed by atoms with Crippen LogP contribution in [0.15, 0.2) is 40.0 Å². The Labute approximate surface area is 157 Å². The maximum atomic E-state index is 12.4. The number of aromatic nitrogens is 2. The molecule has 2 aromatic rings. The van der Waals surface area contributed by atoms with Gasteiger partial charge in [-0.15, -0.1) is 0 Å². The highest BCUT2D eigenvalue weighted by Gasteiger charge is 2.29. The predicted octanol–water partition coefficient (Wildman–Crippen LogP) is 3.62. The van der Waals surface area contributed by atoms with Crippen LogP contribution < -0.4 is 10.9 Å². The van der Waals surface area contributed by atoms with Crippen molar-refractivity contribution in [3.63, 3.8) is 0 Å². The van der Waals surface area contributed by atoms with Crippen molar-refractivity contribution < 1.29 is 18.0 Å². The summed E-state index contributed by atoms with van der Waals surface area (Å²) in [5, 5.41) is 2.77. The van der Waals surface area contributed by atoms with Crippen molar-refractivity contribution in [1.82, 2.24) is 15.3 Å². The highest BCUT2D eigenvalue weighted by atomic mass is 32.2. The first-order chi connectivity index (χ1) is 12.7. The average molecular weight is 397 g/mol. The molecule has 1 atom stereocenters. The van der Waals surface area contributed by atoms with E-state index in [2.05, 4.69) is 15.3 Å². The molecule has 0 spiro atoms. The summed E-state index contributed by atoms with van der Waals surface area (Å²) in [5.74, 6) is 0.314. The molecule has 9 heteroatoms. The zero-order chi connectivity index (χ0) is 19.6. The van der Waals surface area contributed by atoms with E-state index < -0.39 is 11.4 Å². The fourth-order valence-electron chi connectivity index (χ4n) is 2.67. The highest BCUT2D eigenvalue weighted by molar-refractivity contribution is 8.00. The predicted molar refractivity (Wildman–Crippen MR) is 95.8 cm³/mol. The summed E-state index contributed by atoms with van der Waals surface area (Å²) in [6.07, 6.45) is 2.35. The summed E-state index contributed by atoms with van der Waals surface area (Å²) in [6.45, 7) is 1.78. The number of hydrogen-bond donors (Lipinski definition) is 2. The van der Waals surface area contributed by atoms with Gasteiger partial charge < -0.3 is 10.3 Å². The van der Waals surface area contributed by atoms with Gasteiger partial charge in [0.25, 0.3) is 11.5 Å². The van der Waals surface area contributed by atoms with E-state index in [4.69, 9.17) is 0 Å². The summed E-state index contributed by atoms with van der Waals surface area (Å²) in [4.78, 5) is 31.0. The summed E-state index contributed by atoms with van der Waals surface area (Å²) >= 11 is -0.164. The van der Waals surface area contributed by atoms with Crippen LogP contribution >= 0.6 is 11.8 Å². The van der Waals surface area contributed by atoms with E-state index in [1.165, 1.54) is 12.1 Å². The van der Waals surface area contributed by atoms with Crippen LogP contribution in [0.25, 0.3) is 0 Å². The number of carbonyl (C=O) groups excluding carboxylic acids is 1. The smallest absolute Gasteiger partial charge is 0.348 e. The zero-order valence-electron chi connectivity index (χ0n) is 14.5. The maximum absolute atomic E-state index is 12.4. The Morgan fingerprint density at radius 2 is 2.00 bits per heavy atom. The van der Waals surface area contributed by atoms with Gasteiger partial charge in [-0.1, -0.05) is 12.1 Å². The molecule has 1 saturated carbocycles. The number of halogens is 3. The second-order valence-electron chi connectivity index (χ2n) is 6.56. The Morgan fingerprint density at radius 3 is 2.59 bits per heavy atom. The minimum atomic E-state index is -4.32. The summed E-state index contributed by atoms with van der Waals surface area (Å²) in [5.41, 5.74) is -3.80. The quantitative estimate of drug-likeness (QED) is 0.730. The molecule has 1 heterocycles. The van der Waals surface area contributed by atoms with Gasteiger partial charge in [0.05, 0.1) is 0 Å². The zero-order valence-corrected chi connectivity index (χ0v) is 15.3. The van der Waals surface area contributed by atoms with Crippen molar-refractivity contribution in [1.29, 1.82) is 0 Å². The molecule has 2 N–H and O–H groups in total. The first-order valence-electron chi connectivity index (χ1n) is 8.46. The Hall–Kier alpha value is -2.29. The SMILES string of the molecule is CC(Cc1ccc(SC(F)(F)F)cc1)NC(=O)c1cc(=O)[nH]c(C2CC2)n1. The van der Waals surface area contributed by atoms with Gasteiger partial charge in [-0.25, -0.2) is 4.98 Å². The number of aromatic amines is 1. The lowest BCUT2D eigenvalue weighted by atomic mass is 10.1. The third-order valence-corrected chi connectivity index (χ3v) is 4.77. The van der Waals surface area contributed by atoms with Gasteiger partial charge in [0.2, 0.25) is 0 Å². The molecular weight excluding hydrogens is 379 g/mol. The van der Waals surface area contributed by atoms with E-state index in [1.54, 1.807) is 19.1 Å². The molecule has 0 saturated heterocycles. The van der Waals surface area contributed by atoms with Crippen LogP contribution in [0.3, 0.4) is 0 Å². The summed E-state index contributed by atoms with van der Waals surface area (Å²) in [6, 6.07) is 6.91.